The molecule has 1 atom stereocenters. The zero-order chi connectivity index (χ0) is 18.0. The molecule has 0 saturated carbocycles. The van der Waals surface area contributed by atoms with Gasteiger partial charge in [-0.1, -0.05) is 28.1 Å². The predicted molar refractivity (Wildman–Crippen MR) is 96.3 cm³/mol. The Labute approximate surface area is 152 Å². The van der Waals surface area contributed by atoms with Gasteiger partial charge in [0.1, 0.15) is 5.82 Å². The zero-order valence-electron chi connectivity index (χ0n) is 13.3. The maximum Gasteiger partial charge on any atom is 0.319 e. The van der Waals surface area contributed by atoms with Crippen LogP contribution in [0.5, 0.6) is 0 Å². The van der Waals surface area contributed by atoms with Gasteiger partial charge in [-0.15, -0.1) is 0 Å². The molecule has 0 radical (unpaired) electrons. The lowest BCUT2D eigenvalue weighted by atomic mass is 9.95. The average Bonchev–Trinajstić information content (AvgIpc) is 2.57. The van der Waals surface area contributed by atoms with Crippen molar-refractivity contribution < 1.29 is 14.0 Å². The van der Waals surface area contributed by atoms with Gasteiger partial charge in [0.15, 0.2) is 0 Å². The SMILES string of the molecule is CC1=C(C(=O)Nc2ccc(Br)cc2)[C@H](c2ccc(F)cc2)NC(=O)N1. The summed E-state index contributed by atoms with van der Waals surface area (Å²) in [5, 5.41) is 8.13. The Morgan fingerprint density at radius 2 is 1.76 bits per heavy atom. The molecule has 2 aromatic rings. The van der Waals surface area contributed by atoms with Crippen LogP contribution in [0.1, 0.15) is 18.5 Å². The number of halogens is 2. The van der Waals surface area contributed by atoms with Crippen LogP contribution in [0, 0.1) is 5.82 Å². The van der Waals surface area contributed by atoms with Crippen molar-refractivity contribution in [3.05, 3.63) is 75.7 Å². The van der Waals surface area contributed by atoms with Crippen LogP contribution in [0.4, 0.5) is 14.9 Å². The summed E-state index contributed by atoms with van der Waals surface area (Å²) in [4.78, 5) is 24.6. The average molecular weight is 404 g/mol. The van der Waals surface area contributed by atoms with Crippen LogP contribution in [-0.4, -0.2) is 11.9 Å². The summed E-state index contributed by atoms with van der Waals surface area (Å²) >= 11 is 3.34. The highest BCUT2D eigenvalue weighted by Gasteiger charge is 2.31. The predicted octanol–water partition coefficient (Wildman–Crippen LogP) is 3.85. The lowest BCUT2D eigenvalue weighted by Gasteiger charge is -2.28. The minimum Gasteiger partial charge on any atom is -0.327 e. The first kappa shape index (κ1) is 17.2. The number of hydrogen-bond donors (Lipinski definition) is 3. The number of benzene rings is 2. The molecule has 1 aliphatic rings. The highest BCUT2D eigenvalue weighted by Crippen LogP contribution is 2.28. The molecular formula is C18H15BrFN3O2. The number of carbonyl (C=O) groups excluding carboxylic acids is 2. The van der Waals surface area contributed by atoms with E-state index in [1.54, 1.807) is 31.2 Å². The van der Waals surface area contributed by atoms with Crippen LogP contribution in [-0.2, 0) is 4.79 Å². The van der Waals surface area contributed by atoms with Crippen molar-refractivity contribution in [2.75, 3.05) is 5.32 Å². The molecule has 2 aromatic carbocycles. The van der Waals surface area contributed by atoms with Crippen molar-refractivity contribution in [2.45, 2.75) is 13.0 Å². The fourth-order valence-electron chi connectivity index (χ4n) is 2.63. The smallest absolute Gasteiger partial charge is 0.319 e. The third-order valence-corrected chi connectivity index (χ3v) is 4.35. The first-order chi connectivity index (χ1) is 11.9. The van der Waals surface area contributed by atoms with Crippen LogP contribution in [0.3, 0.4) is 0 Å². The van der Waals surface area contributed by atoms with Gasteiger partial charge in [0.2, 0.25) is 0 Å². The van der Waals surface area contributed by atoms with Gasteiger partial charge in [-0.05, 0) is 48.9 Å². The van der Waals surface area contributed by atoms with Crippen LogP contribution in [0.25, 0.3) is 0 Å². The lowest BCUT2D eigenvalue weighted by molar-refractivity contribution is -0.113. The zero-order valence-corrected chi connectivity index (χ0v) is 14.9. The van der Waals surface area contributed by atoms with E-state index < -0.39 is 12.1 Å². The largest absolute Gasteiger partial charge is 0.327 e. The number of carbonyl (C=O) groups is 2. The standard InChI is InChI=1S/C18H15BrFN3O2/c1-10-15(17(24)22-14-8-4-12(19)5-9-14)16(23-18(25)21-10)11-2-6-13(20)7-3-11/h2-9,16H,1H3,(H,22,24)(H2,21,23,25)/t16-/m0/s1. The Balaban J connectivity index is 1.92. The van der Waals surface area contributed by atoms with Gasteiger partial charge in [0.25, 0.3) is 5.91 Å². The summed E-state index contributed by atoms with van der Waals surface area (Å²) in [5.74, 6) is -0.729. The summed E-state index contributed by atoms with van der Waals surface area (Å²) in [5.41, 5.74) is 2.07. The second-order valence-corrected chi connectivity index (χ2v) is 6.50. The Kier molecular flexibility index (Phi) is 4.85. The quantitative estimate of drug-likeness (QED) is 0.728. The highest BCUT2D eigenvalue weighted by atomic mass is 79.9. The molecule has 0 aliphatic carbocycles. The number of rotatable bonds is 3. The fraction of sp³-hybridized carbons (Fsp3) is 0.111. The van der Waals surface area contributed by atoms with Gasteiger partial charge in [0, 0.05) is 15.9 Å². The third-order valence-electron chi connectivity index (χ3n) is 3.82. The number of amides is 3. The second kappa shape index (κ2) is 7.06. The number of nitrogens with one attached hydrogen (secondary N) is 3. The van der Waals surface area contributed by atoms with Crippen LogP contribution in [0.15, 0.2) is 64.3 Å². The van der Waals surface area contributed by atoms with Crippen molar-refractivity contribution in [3.8, 4) is 0 Å². The topological polar surface area (TPSA) is 70.2 Å². The maximum absolute atomic E-state index is 13.2. The minimum atomic E-state index is -0.662. The van der Waals surface area contributed by atoms with Crippen molar-refractivity contribution >= 4 is 33.6 Å². The van der Waals surface area contributed by atoms with Crippen molar-refractivity contribution in [1.82, 2.24) is 10.6 Å². The second-order valence-electron chi connectivity index (χ2n) is 5.58. The molecule has 25 heavy (non-hydrogen) atoms. The molecular weight excluding hydrogens is 389 g/mol. The van der Waals surface area contributed by atoms with Crippen LogP contribution >= 0.6 is 15.9 Å². The molecule has 0 aromatic heterocycles. The van der Waals surface area contributed by atoms with E-state index in [4.69, 9.17) is 0 Å². The molecule has 3 N–H and O–H groups in total. The summed E-state index contributed by atoms with van der Waals surface area (Å²) in [7, 11) is 0. The van der Waals surface area contributed by atoms with Gasteiger partial charge in [-0.3, -0.25) is 4.79 Å². The molecule has 0 unspecified atom stereocenters. The van der Waals surface area contributed by atoms with E-state index in [2.05, 4.69) is 31.9 Å². The molecule has 5 nitrogen and oxygen atoms in total. The molecule has 7 heteroatoms. The molecule has 0 spiro atoms. The van der Waals surface area contributed by atoms with Crippen LogP contribution < -0.4 is 16.0 Å². The van der Waals surface area contributed by atoms with Gasteiger partial charge in [-0.2, -0.15) is 0 Å². The Bertz CT molecular complexity index is 848. The molecule has 0 fully saturated rings. The maximum atomic E-state index is 13.2. The van der Waals surface area contributed by atoms with Crippen LogP contribution in [0.2, 0.25) is 0 Å². The van der Waals surface area contributed by atoms with Gasteiger partial charge in [-0.25, -0.2) is 9.18 Å². The van der Waals surface area contributed by atoms with E-state index in [1.165, 1.54) is 12.1 Å². The molecule has 0 bridgehead atoms. The van der Waals surface area contributed by atoms with E-state index in [1.807, 2.05) is 12.1 Å². The normalized spacial score (nSPS) is 16.9. The van der Waals surface area contributed by atoms with Gasteiger partial charge < -0.3 is 16.0 Å². The summed E-state index contributed by atoms with van der Waals surface area (Å²) in [6.07, 6.45) is 0. The molecule has 0 saturated heterocycles. The van der Waals surface area contributed by atoms with Crippen molar-refractivity contribution in [2.24, 2.45) is 0 Å². The first-order valence-electron chi connectivity index (χ1n) is 7.54. The third kappa shape index (κ3) is 3.88. The number of hydrogen-bond acceptors (Lipinski definition) is 2. The first-order valence-corrected chi connectivity index (χ1v) is 8.34. The van der Waals surface area contributed by atoms with Gasteiger partial charge in [0.05, 0.1) is 11.6 Å². The minimum absolute atomic E-state index is 0.346. The Hall–Kier alpha value is -2.67. The molecule has 1 heterocycles. The molecule has 3 amide bonds. The van der Waals surface area contributed by atoms with E-state index in [-0.39, 0.29) is 11.7 Å². The number of anilines is 1. The molecule has 128 valence electrons. The number of allylic oxidation sites excluding steroid dienone is 1. The Morgan fingerprint density at radius 3 is 2.40 bits per heavy atom. The Morgan fingerprint density at radius 1 is 1.12 bits per heavy atom. The summed E-state index contributed by atoms with van der Waals surface area (Å²) in [6.45, 7) is 1.66. The van der Waals surface area contributed by atoms with E-state index in [9.17, 15) is 14.0 Å². The van der Waals surface area contributed by atoms with E-state index in [0.717, 1.165) is 4.47 Å². The van der Waals surface area contributed by atoms with Crippen molar-refractivity contribution in [1.29, 1.82) is 0 Å². The fourth-order valence-corrected chi connectivity index (χ4v) is 2.90. The van der Waals surface area contributed by atoms with E-state index >= 15 is 0 Å². The molecule has 3 rings (SSSR count). The van der Waals surface area contributed by atoms with Crippen molar-refractivity contribution in [3.63, 3.8) is 0 Å². The summed E-state index contributed by atoms with van der Waals surface area (Å²) < 4.78 is 14.1. The van der Waals surface area contributed by atoms with E-state index in [0.29, 0.717) is 22.5 Å². The number of urea groups is 1. The summed E-state index contributed by atoms with van der Waals surface area (Å²) in [6, 6.07) is 11.8. The van der Waals surface area contributed by atoms with Gasteiger partial charge >= 0.3 is 6.03 Å². The highest BCUT2D eigenvalue weighted by molar-refractivity contribution is 9.10. The monoisotopic (exact) mass is 403 g/mol. The lowest BCUT2D eigenvalue weighted by Crippen LogP contribution is -2.45. The molecule has 1 aliphatic heterocycles.